The molecule has 1 saturated heterocycles. The maximum Gasteiger partial charge on any atom is 0.231 e. The van der Waals surface area contributed by atoms with E-state index in [9.17, 15) is 0 Å². The molecule has 0 saturated carbocycles. The van der Waals surface area contributed by atoms with Gasteiger partial charge in [-0.15, -0.1) is 5.10 Å². The van der Waals surface area contributed by atoms with Gasteiger partial charge in [0, 0.05) is 20.1 Å². The van der Waals surface area contributed by atoms with E-state index in [4.69, 9.17) is 0 Å². The van der Waals surface area contributed by atoms with Gasteiger partial charge in [0.15, 0.2) is 0 Å². The maximum absolute atomic E-state index is 4.50. The number of aromatic nitrogens is 6. The van der Waals surface area contributed by atoms with Gasteiger partial charge in [0.1, 0.15) is 5.82 Å². The summed E-state index contributed by atoms with van der Waals surface area (Å²) in [6.07, 6.45) is 2.37. The zero-order valence-electron chi connectivity index (χ0n) is 11.4. The van der Waals surface area contributed by atoms with Crippen molar-refractivity contribution >= 4 is 23.7 Å². The van der Waals surface area contributed by atoms with Crippen molar-refractivity contribution in [2.24, 2.45) is 0 Å². The fraction of sp³-hybridized carbons (Fsp3) is 0.545. The van der Waals surface area contributed by atoms with E-state index in [0.717, 1.165) is 24.9 Å². The molecule has 106 valence electrons. The third-order valence-electron chi connectivity index (χ3n) is 2.97. The lowest BCUT2D eigenvalue weighted by Crippen LogP contribution is -2.21. The predicted molar refractivity (Wildman–Crippen MR) is 76.1 cm³/mol. The smallest absolute Gasteiger partial charge is 0.231 e. The Bertz CT molecular complexity index is 592. The van der Waals surface area contributed by atoms with E-state index in [1.165, 1.54) is 24.6 Å². The molecule has 2 N–H and O–H groups in total. The second kappa shape index (κ2) is 5.61. The number of anilines is 2. The first-order chi connectivity index (χ1) is 9.74. The first-order valence-corrected chi connectivity index (χ1v) is 7.32. The van der Waals surface area contributed by atoms with Crippen molar-refractivity contribution < 1.29 is 0 Å². The Labute approximate surface area is 120 Å². The van der Waals surface area contributed by atoms with Gasteiger partial charge in [-0.25, -0.2) is 4.98 Å². The molecule has 8 nitrogen and oxygen atoms in total. The molecule has 1 aliphatic heterocycles. The third-order valence-corrected chi connectivity index (χ3v) is 3.71. The van der Waals surface area contributed by atoms with Crippen LogP contribution in [0.1, 0.15) is 18.7 Å². The Morgan fingerprint density at radius 3 is 2.55 bits per heavy atom. The largest absolute Gasteiger partial charge is 0.357 e. The molecule has 0 bridgehead atoms. The number of rotatable bonds is 4. The molecule has 0 unspecified atom stereocenters. The summed E-state index contributed by atoms with van der Waals surface area (Å²) in [6, 6.07) is 0. The average Bonchev–Trinajstić information content (AvgIpc) is 3.10. The lowest BCUT2D eigenvalue weighted by Gasteiger charge is -2.15. The molecule has 1 fully saturated rings. The second-order valence-corrected chi connectivity index (χ2v) is 5.43. The summed E-state index contributed by atoms with van der Waals surface area (Å²) in [5, 5.41) is 11.1. The van der Waals surface area contributed by atoms with Gasteiger partial charge in [-0.2, -0.15) is 15.0 Å². The molecular weight excluding hydrogens is 276 g/mol. The van der Waals surface area contributed by atoms with E-state index in [1.807, 2.05) is 6.92 Å². The molecule has 3 rings (SSSR count). The number of hydrogen-bond donors (Lipinski definition) is 2. The number of aromatic amines is 1. The maximum atomic E-state index is 4.50. The average molecular weight is 292 g/mol. The fourth-order valence-corrected chi connectivity index (χ4v) is 2.71. The van der Waals surface area contributed by atoms with Crippen molar-refractivity contribution in [2.75, 3.05) is 30.4 Å². The van der Waals surface area contributed by atoms with Gasteiger partial charge in [0.05, 0.1) is 0 Å². The normalized spacial score (nSPS) is 14.8. The van der Waals surface area contributed by atoms with Gasteiger partial charge >= 0.3 is 0 Å². The minimum absolute atomic E-state index is 0.566. The van der Waals surface area contributed by atoms with Crippen LogP contribution in [0.25, 0.3) is 0 Å². The van der Waals surface area contributed by atoms with Crippen molar-refractivity contribution in [1.82, 2.24) is 30.1 Å². The van der Waals surface area contributed by atoms with Crippen LogP contribution in [0, 0.1) is 6.92 Å². The summed E-state index contributed by atoms with van der Waals surface area (Å²) in [4.78, 5) is 19.7. The predicted octanol–water partition coefficient (Wildman–Crippen LogP) is 1.09. The second-order valence-electron chi connectivity index (χ2n) is 4.49. The minimum atomic E-state index is 0.566. The van der Waals surface area contributed by atoms with E-state index >= 15 is 0 Å². The SMILES string of the molecule is CNc1nc(Sc2n[nH]c(C)n2)nc(N2CCCC2)n1. The molecule has 2 aromatic heterocycles. The molecule has 1 aliphatic rings. The molecule has 20 heavy (non-hydrogen) atoms. The van der Waals surface area contributed by atoms with Crippen LogP contribution in [0.5, 0.6) is 0 Å². The van der Waals surface area contributed by atoms with E-state index in [0.29, 0.717) is 16.3 Å². The van der Waals surface area contributed by atoms with E-state index in [-0.39, 0.29) is 0 Å². The van der Waals surface area contributed by atoms with Crippen LogP contribution in [-0.2, 0) is 0 Å². The summed E-state index contributed by atoms with van der Waals surface area (Å²) < 4.78 is 0. The molecular formula is C11H16N8S. The van der Waals surface area contributed by atoms with Gasteiger partial charge in [-0.1, -0.05) is 0 Å². The van der Waals surface area contributed by atoms with Gasteiger partial charge in [0.2, 0.25) is 22.2 Å². The minimum Gasteiger partial charge on any atom is -0.357 e. The van der Waals surface area contributed by atoms with Crippen molar-refractivity contribution in [3.63, 3.8) is 0 Å². The molecule has 9 heteroatoms. The van der Waals surface area contributed by atoms with Gasteiger partial charge in [-0.05, 0) is 31.5 Å². The zero-order chi connectivity index (χ0) is 13.9. The highest BCUT2D eigenvalue weighted by Crippen LogP contribution is 2.24. The lowest BCUT2D eigenvalue weighted by molar-refractivity contribution is 0.827. The highest BCUT2D eigenvalue weighted by Gasteiger charge is 2.18. The third kappa shape index (κ3) is 2.82. The Balaban J connectivity index is 1.87. The zero-order valence-corrected chi connectivity index (χ0v) is 12.2. The van der Waals surface area contributed by atoms with Crippen molar-refractivity contribution in [3.05, 3.63) is 5.82 Å². The Hall–Kier alpha value is -1.90. The van der Waals surface area contributed by atoms with Crippen LogP contribution in [0.2, 0.25) is 0 Å². The summed E-state index contributed by atoms with van der Waals surface area (Å²) in [5.74, 6) is 2.06. The summed E-state index contributed by atoms with van der Waals surface area (Å²) >= 11 is 1.33. The van der Waals surface area contributed by atoms with Crippen molar-refractivity contribution in [3.8, 4) is 0 Å². The van der Waals surface area contributed by atoms with Gasteiger partial charge in [-0.3, -0.25) is 5.10 Å². The number of aryl methyl sites for hydroxylation is 1. The van der Waals surface area contributed by atoms with E-state index < -0.39 is 0 Å². The van der Waals surface area contributed by atoms with E-state index in [1.54, 1.807) is 7.05 Å². The number of nitrogens with one attached hydrogen (secondary N) is 2. The first-order valence-electron chi connectivity index (χ1n) is 6.50. The van der Waals surface area contributed by atoms with Crippen LogP contribution in [0.15, 0.2) is 10.3 Å². The molecule has 0 atom stereocenters. The van der Waals surface area contributed by atoms with E-state index in [2.05, 4.69) is 40.3 Å². The Morgan fingerprint density at radius 2 is 1.90 bits per heavy atom. The lowest BCUT2D eigenvalue weighted by atomic mass is 10.4. The Kier molecular flexibility index (Phi) is 3.68. The van der Waals surface area contributed by atoms with Crippen LogP contribution in [0.4, 0.5) is 11.9 Å². The molecule has 0 aliphatic carbocycles. The molecule has 0 spiro atoms. The van der Waals surface area contributed by atoms with Gasteiger partial charge in [0.25, 0.3) is 0 Å². The fourth-order valence-electron chi connectivity index (χ4n) is 2.01. The number of hydrogen-bond acceptors (Lipinski definition) is 8. The monoisotopic (exact) mass is 292 g/mol. The molecule has 0 amide bonds. The van der Waals surface area contributed by atoms with Crippen LogP contribution >= 0.6 is 11.8 Å². The standard InChI is InChI=1S/C11H16N8S/c1-7-13-11(18-17-7)20-10-15-8(12-2)14-9(16-10)19-5-3-4-6-19/h3-6H2,1-2H3,(H,13,17,18)(H,12,14,15,16). The summed E-state index contributed by atoms with van der Waals surface area (Å²) in [7, 11) is 1.80. The summed E-state index contributed by atoms with van der Waals surface area (Å²) in [6.45, 7) is 3.85. The van der Waals surface area contributed by atoms with Crippen molar-refractivity contribution in [1.29, 1.82) is 0 Å². The van der Waals surface area contributed by atoms with Crippen LogP contribution in [0.3, 0.4) is 0 Å². The summed E-state index contributed by atoms with van der Waals surface area (Å²) in [5.41, 5.74) is 0. The number of nitrogens with zero attached hydrogens (tertiary/aromatic N) is 6. The molecule has 0 radical (unpaired) electrons. The highest BCUT2D eigenvalue weighted by atomic mass is 32.2. The highest BCUT2D eigenvalue weighted by molar-refractivity contribution is 7.99. The van der Waals surface area contributed by atoms with Crippen LogP contribution in [-0.4, -0.2) is 50.3 Å². The molecule has 2 aromatic rings. The van der Waals surface area contributed by atoms with Crippen molar-refractivity contribution in [2.45, 2.75) is 30.1 Å². The quantitative estimate of drug-likeness (QED) is 0.864. The first kappa shape index (κ1) is 13.1. The van der Waals surface area contributed by atoms with Crippen LogP contribution < -0.4 is 10.2 Å². The van der Waals surface area contributed by atoms with Gasteiger partial charge < -0.3 is 10.2 Å². The topological polar surface area (TPSA) is 95.5 Å². The Morgan fingerprint density at radius 1 is 1.10 bits per heavy atom. The molecule has 0 aromatic carbocycles. The molecule has 3 heterocycles. The number of H-pyrrole nitrogens is 1.